The molecule has 1 aromatic carbocycles. The number of nitrogens with zero attached hydrogens (tertiary/aromatic N) is 3. The number of benzene rings is 1. The molecular formula is C19H21N3OS. The van der Waals surface area contributed by atoms with Crippen LogP contribution in [0.2, 0.25) is 0 Å². The van der Waals surface area contributed by atoms with Crippen LogP contribution in [0.5, 0.6) is 0 Å². The molecule has 0 aliphatic carbocycles. The first-order chi connectivity index (χ1) is 11.7. The Morgan fingerprint density at radius 1 is 1.25 bits per heavy atom. The second kappa shape index (κ2) is 6.40. The van der Waals surface area contributed by atoms with Gasteiger partial charge in [0.05, 0.1) is 0 Å². The minimum absolute atomic E-state index is 0.0726. The van der Waals surface area contributed by atoms with Crippen molar-refractivity contribution in [2.75, 3.05) is 13.1 Å². The Morgan fingerprint density at radius 3 is 2.71 bits per heavy atom. The summed E-state index contributed by atoms with van der Waals surface area (Å²) in [5.74, 6) is 0.743. The van der Waals surface area contributed by atoms with Crippen molar-refractivity contribution in [2.45, 2.75) is 26.2 Å². The van der Waals surface area contributed by atoms with E-state index in [1.54, 1.807) is 11.3 Å². The Bertz CT molecular complexity index is 844. The molecule has 0 saturated carbocycles. The molecule has 0 atom stereocenters. The molecule has 3 aromatic rings. The van der Waals surface area contributed by atoms with Gasteiger partial charge in [0.2, 0.25) is 0 Å². The summed E-state index contributed by atoms with van der Waals surface area (Å²) in [6.07, 6.45) is 5.13. The van der Waals surface area contributed by atoms with Crippen molar-refractivity contribution >= 4 is 22.2 Å². The van der Waals surface area contributed by atoms with E-state index in [-0.39, 0.29) is 5.91 Å². The number of imidazole rings is 1. The Hall–Kier alpha value is -2.14. The highest BCUT2D eigenvalue weighted by molar-refractivity contribution is 7.15. The summed E-state index contributed by atoms with van der Waals surface area (Å²) in [6.45, 7) is 3.70. The van der Waals surface area contributed by atoms with E-state index >= 15 is 0 Å². The Balaban J connectivity index is 1.39. The molecule has 5 heteroatoms. The number of rotatable bonds is 3. The number of hydrogen-bond acceptors (Lipinski definition) is 3. The Kier molecular flexibility index (Phi) is 4.10. The molecule has 3 heterocycles. The first-order valence-electron chi connectivity index (χ1n) is 8.47. The smallest absolute Gasteiger partial charge is 0.274 e. The lowest BCUT2D eigenvalue weighted by molar-refractivity contribution is 0.0685. The minimum Gasteiger partial charge on any atom is -0.337 e. The summed E-state index contributed by atoms with van der Waals surface area (Å²) in [4.78, 5) is 20.0. The first kappa shape index (κ1) is 15.4. The van der Waals surface area contributed by atoms with Gasteiger partial charge >= 0.3 is 0 Å². The van der Waals surface area contributed by atoms with Gasteiger partial charge in [0, 0.05) is 30.4 Å². The molecule has 1 aliphatic rings. The van der Waals surface area contributed by atoms with Crippen LogP contribution < -0.4 is 0 Å². The van der Waals surface area contributed by atoms with E-state index < -0.39 is 0 Å². The molecule has 1 amide bonds. The molecule has 1 saturated heterocycles. The molecule has 0 bridgehead atoms. The number of carbonyl (C=O) groups is 1. The number of aryl methyl sites for hydroxylation is 1. The van der Waals surface area contributed by atoms with Crippen molar-refractivity contribution in [3.8, 4) is 0 Å². The summed E-state index contributed by atoms with van der Waals surface area (Å²) < 4.78 is 2.00. The summed E-state index contributed by atoms with van der Waals surface area (Å²) in [5.41, 5.74) is 3.10. The zero-order valence-corrected chi connectivity index (χ0v) is 14.6. The third-order valence-corrected chi connectivity index (χ3v) is 5.83. The Morgan fingerprint density at radius 2 is 2.00 bits per heavy atom. The van der Waals surface area contributed by atoms with Gasteiger partial charge in [-0.3, -0.25) is 9.20 Å². The number of aromatic nitrogens is 2. The molecule has 1 aliphatic heterocycles. The van der Waals surface area contributed by atoms with E-state index in [1.165, 1.54) is 5.56 Å². The van der Waals surface area contributed by atoms with Crippen molar-refractivity contribution < 1.29 is 4.79 Å². The van der Waals surface area contributed by atoms with Crippen LogP contribution in [0.15, 0.2) is 41.9 Å². The maximum absolute atomic E-state index is 12.7. The van der Waals surface area contributed by atoms with Crippen LogP contribution >= 0.6 is 11.3 Å². The minimum atomic E-state index is 0.0726. The maximum atomic E-state index is 12.7. The van der Waals surface area contributed by atoms with Crippen molar-refractivity contribution in [1.82, 2.24) is 14.3 Å². The van der Waals surface area contributed by atoms with Crippen LogP contribution in [0.3, 0.4) is 0 Å². The van der Waals surface area contributed by atoms with Gasteiger partial charge in [0.15, 0.2) is 4.96 Å². The maximum Gasteiger partial charge on any atom is 0.274 e. The number of likely N-dealkylation sites (tertiary alicyclic amines) is 1. The second-order valence-corrected chi connectivity index (χ2v) is 7.42. The molecule has 0 spiro atoms. The summed E-state index contributed by atoms with van der Waals surface area (Å²) in [6, 6.07) is 10.6. The fraction of sp³-hybridized carbons (Fsp3) is 0.368. The standard InChI is InChI=1S/C19H21N3OS/c1-14-13-24-19-20-17(12-22(14)19)18(23)21-9-7-16(8-10-21)11-15-5-3-2-4-6-15/h2-6,12-13,16H,7-11H2,1H3. The quantitative estimate of drug-likeness (QED) is 0.728. The largest absolute Gasteiger partial charge is 0.337 e. The van der Waals surface area contributed by atoms with Crippen LogP contribution in [-0.2, 0) is 6.42 Å². The zero-order chi connectivity index (χ0) is 16.5. The molecule has 1 fully saturated rings. The Labute approximate surface area is 145 Å². The van der Waals surface area contributed by atoms with E-state index in [0.717, 1.165) is 43.0 Å². The molecule has 24 heavy (non-hydrogen) atoms. The van der Waals surface area contributed by atoms with Crippen LogP contribution in [-0.4, -0.2) is 33.3 Å². The van der Waals surface area contributed by atoms with Crippen LogP contribution in [0, 0.1) is 12.8 Å². The summed E-state index contributed by atoms with van der Waals surface area (Å²) >= 11 is 1.58. The van der Waals surface area contributed by atoms with Gasteiger partial charge in [-0.2, -0.15) is 0 Å². The summed E-state index contributed by atoms with van der Waals surface area (Å²) in [7, 11) is 0. The topological polar surface area (TPSA) is 37.6 Å². The normalized spacial score (nSPS) is 16.0. The molecular weight excluding hydrogens is 318 g/mol. The lowest BCUT2D eigenvalue weighted by atomic mass is 9.90. The van der Waals surface area contributed by atoms with Crippen LogP contribution in [0.4, 0.5) is 0 Å². The van der Waals surface area contributed by atoms with Gasteiger partial charge in [-0.15, -0.1) is 11.3 Å². The van der Waals surface area contributed by atoms with Gasteiger partial charge in [-0.1, -0.05) is 30.3 Å². The number of hydrogen-bond donors (Lipinski definition) is 0. The molecule has 4 rings (SSSR count). The third kappa shape index (κ3) is 2.96. The molecule has 0 unspecified atom stereocenters. The fourth-order valence-corrected chi connectivity index (χ4v) is 4.30. The monoisotopic (exact) mass is 339 g/mol. The zero-order valence-electron chi connectivity index (χ0n) is 13.8. The number of thiazole rings is 1. The van der Waals surface area contributed by atoms with Gasteiger partial charge < -0.3 is 4.90 Å². The highest BCUT2D eigenvalue weighted by Crippen LogP contribution is 2.23. The molecule has 4 nitrogen and oxygen atoms in total. The molecule has 0 N–H and O–H groups in total. The van der Waals surface area contributed by atoms with E-state index in [9.17, 15) is 4.79 Å². The summed E-state index contributed by atoms with van der Waals surface area (Å²) in [5, 5.41) is 2.06. The number of fused-ring (bicyclic) bond motifs is 1. The van der Waals surface area contributed by atoms with Gasteiger partial charge in [0.25, 0.3) is 5.91 Å². The SMILES string of the molecule is Cc1csc2nc(C(=O)N3CCC(Cc4ccccc4)CC3)cn12. The average molecular weight is 339 g/mol. The van der Waals surface area contributed by atoms with E-state index in [4.69, 9.17) is 0 Å². The number of amides is 1. The van der Waals surface area contributed by atoms with Crippen LogP contribution in [0.1, 0.15) is 34.6 Å². The van der Waals surface area contributed by atoms with Crippen molar-refractivity contribution in [3.05, 3.63) is 58.9 Å². The predicted molar refractivity (Wildman–Crippen MR) is 96.6 cm³/mol. The van der Waals surface area contributed by atoms with E-state index in [0.29, 0.717) is 11.6 Å². The average Bonchev–Trinajstić information content (AvgIpc) is 3.18. The van der Waals surface area contributed by atoms with Crippen molar-refractivity contribution in [2.24, 2.45) is 5.92 Å². The number of piperidine rings is 1. The third-order valence-electron chi connectivity index (χ3n) is 4.88. The predicted octanol–water partition coefficient (Wildman–Crippen LogP) is 3.80. The van der Waals surface area contributed by atoms with E-state index in [1.807, 2.05) is 22.4 Å². The second-order valence-electron chi connectivity index (χ2n) is 6.58. The number of carbonyl (C=O) groups excluding carboxylic acids is 1. The van der Waals surface area contributed by atoms with Gasteiger partial charge in [0.1, 0.15) is 5.69 Å². The first-order valence-corrected chi connectivity index (χ1v) is 9.35. The molecule has 124 valence electrons. The van der Waals surface area contributed by atoms with Gasteiger partial charge in [-0.05, 0) is 37.7 Å². The molecule has 2 aromatic heterocycles. The van der Waals surface area contributed by atoms with Crippen LogP contribution in [0.25, 0.3) is 4.96 Å². The lowest BCUT2D eigenvalue weighted by Crippen LogP contribution is -2.39. The van der Waals surface area contributed by atoms with E-state index in [2.05, 4.69) is 40.7 Å². The van der Waals surface area contributed by atoms with Gasteiger partial charge in [-0.25, -0.2) is 4.98 Å². The highest BCUT2D eigenvalue weighted by atomic mass is 32.1. The highest BCUT2D eigenvalue weighted by Gasteiger charge is 2.25. The lowest BCUT2D eigenvalue weighted by Gasteiger charge is -2.31. The fourth-order valence-electron chi connectivity index (χ4n) is 3.45. The van der Waals surface area contributed by atoms with Crippen molar-refractivity contribution in [1.29, 1.82) is 0 Å². The molecule has 0 radical (unpaired) electrons. The van der Waals surface area contributed by atoms with Crippen molar-refractivity contribution in [3.63, 3.8) is 0 Å².